The zero-order chi connectivity index (χ0) is 13.3. The van der Waals surface area contributed by atoms with E-state index in [1.807, 2.05) is 43.5 Å². The van der Waals surface area contributed by atoms with E-state index in [1.54, 1.807) is 6.20 Å². The molecule has 0 aliphatic rings. The quantitative estimate of drug-likeness (QED) is 0.758. The minimum atomic E-state index is -0.232. The topological polar surface area (TPSA) is 39.1 Å². The van der Waals surface area contributed by atoms with E-state index in [-0.39, 0.29) is 11.0 Å². The number of nitrogens with zero attached hydrogens (tertiary/aromatic N) is 1. The van der Waals surface area contributed by atoms with Gasteiger partial charge in [0.15, 0.2) is 11.7 Å². The van der Waals surface area contributed by atoms with Gasteiger partial charge in [-0.2, -0.15) is 0 Å². The van der Waals surface area contributed by atoms with Gasteiger partial charge in [0.05, 0.1) is 5.56 Å². The van der Waals surface area contributed by atoms with E-state index in [1.165, 1.54) is 11.6 Å². The highest BCUT2D eigenvalue weighted by Crippen LogP contribution is 2.18. The van der Waals surface area contributed by atoms with Crippen molar-refractivity contribution in [1.82, 2.24) is 4.57 Å². The molecule has 0 radical (unpaired) electrons. The Balaban J connectivity index is 2.75. The number of aryl methyl sites for hydroxylation is 2. The molecule has 0 bridgehead atoms. The van der Waals surface area contributed by atoms with Crippen LogP contribution in [0.1, 0.15) is 27.2 Å². The van der Waals surface area contributed by atoms with Gasteiger partial charge in [-0.05, 0) is 38.0 Å². The van der Waals surface area contributed by atoms with Crippen molar-refractivity contribution in [2.45, 2.75) is 20.8 Å². The molecule has 1 heterocycles. The summed E-state index contributed by atoms with van der Waals surface area (Å²) in [4.78, 5) is 22.4. The molecule has 1 aromatic heterocycles. The van der Waals surface area contributed by atoms with Crippen molar-refractivity contribution in [2.75, 3.05) is 0 Å². The predicted octanol–water partition coefficient (Wildman–Crippen LogP) is 2.58. The Bertz CT molecular complexity index is 669. The van der Waals surface area contributed by atoms with Crippen molar-refractivity contribution < 1.29 is 4.79 Å². The van der Waals surface area contributed by atoms with Crippen molar-refractivity contribution in [2.24, 2.45) is 0 Å². The highest BCUT2D eigenvalue weighted by Gasteiger charge is 2.07. The Morgan fingerprint density at radius 2 is 1.89 bits per heavy atom. The molecule has 0 atom stereocenters. The van der Waals surface area contributed by atoms with Gasteiger partial charge in [0.1, 0.15) is 0 Å². The van der Waals surface area contributed by atoms with Crippen molar-refractivity contribution in [3.63, 3.8) is 0 Å². The van der Waals surface area contributed by atoms with E-state index in [4.69, 9.17) is 0 Å². The van der Waals surface area contributed by atoms with E-state index >= 15 is 0 Å². The van der Waals surface area contributed by atoms with Crippen molar-refractivity contribution in [1.29, 1.82) is 0 Å². The van der Waals surface area contributed by atoms with Gasteiger partial charge in [0.25, 0.3) is 0 Å². The molecule has 3 heteroatoms. The monoisotopic (exact) mass is 241 g/mol. The van der Waals surface area contributed by atoms with Gasteiger partial charge in [-0.1, -0.05) is 12.1 Å². The van der Waals surface area contributed by atoms with E-state index in [0.717, 1.165) is 16.9 Å². The lowest BCUT2D eigenvalue weighted by atomic mass is 10.1. The molecule has 0 N–H and O–H groups in total. The summed E-state index contributed by atoms with van der Waals surface area (Å²) in [6, 6.07) is 7.48. The number of benzene rings is 1. The average molecular weight is 241 g/mol. The van der Waals surface area contributed by atoms with Crippen LogP contribution in [0.4, 0.5) is 0 Å². The van der Waals surface area contributed by atoms with Crippen LogP contribution in [0.15, 0.2) is 35.3 Å². The van der Waals surface area contributed by atoms with E-state index in [9.17, 15) is 9.59 Å². The molecule has 0 spiro atoms. The number of rotatable bonds is 2. The summed E-state index contributed by atoms with van der Waals surface area (Å²) in [6.45, 7) is 5.93. The third kappa shape index (κ3) is 1.99. The molecule has 0 saturated carbocycles. The molecule has 2 aromatic rings. The SMILES string of the molecule is Cc1cccc(-n2cc(C=O)c(=O)cc2C)c1C. The van der Waals surface area contributed by atoms with Crippen LogP contribution in [0.25, 0.3) is 5.69 Å². The second kappa shape index (κ2) is 4.61. The predicted molar refractivity (Wildman–Crippen MR) is 71.6 cm³/mol. The molecule has 1 aromatic carbocycles. The van der Waals surface area contributed by atoms with Gasteiger partial charge in [-0.25, -0.2) is 0 Å². The third-order valence-electron chi connectivity index (χ3n) is 3.24. The van der Waals surface area contributed by atoms with Crippen LogP contribution >= 0.6 is 0 Å². The highest BCUT2D eigenvalue weighted by atomic mass is 16.1. The van der Waals surface area contributed by atoms with Crippen LogP contribution in [-0.4, -0.2) is 10.9 Å². The Morgan fingerprint density at radius 1 is 1.17 bits per heavy atom. The molecule has 0 fully saturated rings. The average Bonchev–Trinajstić information content (AvgIpc) is 2.34. The van der Waals surface area contributed by atoms with Crippen LogP contribution in [0.3, 0.4) is 0 Å². The van der Waals surface area contributed by atoms with Crippen LogP contribution in [0.5, 0.6) is 0 Å². The number of hydrogen-bond acceptors (Lipinski definition) is 2. The highest BCUT2D eigenvalue weighted by molar-refractivity contribution is 5.74. The summed E-state index contributed by atoms with van der Waals surface area (Å²) in [7, 11) is 0. The molecule has 0 aliphatic heterocycles. The Labute approximate surface area is 106 Å². The van der Waals surface area contributed by atoms with Gasteiger partial charge < -0.3 is 4.57 Å². The maximum atomic E-state index is 11.6. The second-order valence-corrected chi connectivity index (χ2v) is 4.44. The summed E-state index contributed by atoms with van der Waals surface area (Å²) in [5.74, 6) is 0. The number of carbonyl (C=O) groups excluding carboxylic acids is 1. The maximum Gasteiger partial charge on any atom is 0.192 e. The lowest BCUT2D eigenvalue weighted by Crippen LogP contribution is -2.14. The van der Waals surface area contributed by atoms with Gasteiger partial charge in [-0.15, -0.1) is 0 Å². The first-order valence-corrected chi connectivity index (χ1v) is 5.79. The standard InChI is InChI=1S/C15H15NO2/c1-10-5-4-6-14(12(10)3)16-8-13(9-17)15(18)7-11(16)2/h4-9H,1-3H3. The summed E-state index contributed by atoms with van der Waals surface area (Å²) in [5.41, 5.74) is 4.08. The Morgan fingerprint density at radius 3 is 2.56 bits per heavy atom. The molecule has 2 rings (SSSR count). The largest absolute Gasteiger partial charge is 0.320 e. The van der Waals surface area contributed by atoms with Crippen molar-refractivity contribution >= 4 is 6.29 Å². The fraction of sp³-hybridized carbons (Fsp3) is 0.200. The Hall–Kier alpha value is -2.16. The number of hydrogen-bond donors (Lipinski definition) is 0. The zero-order valence-corrected chi connectivity index (χ0v) is 10.7. The summed E-state index contributed by atoms with van der Waals surface area (Å²) >= 11 is 0. The normalized spacial score (nSPS) is 10.4. The summed E-state index contributed by atoms with van der Waals surface area (Å²) in [6.07, 6.45) is 2.20. The molecule has 18 heavy (non-hydrogen) atoms. The summed E-state index contributed by atoms with van der Waals surface area (Å²) < 4.78 is 1.88. The smallest absolute Gasteiger partial charge is 0.192 e. The first-order chi connectivity index (χ1) is 8.54. The first-order valence-electron chi connectivity index (χ1n) is 5.79. The van der Waals surface area contributed by atoms with E-state index in [0.29, 0.717) is 6.29 Å². The van der Waals surface area contributed by atoms with Crippen molar-refractivity contribution in [3.05, 3.63) is 63.1 Å². The van der Waals surface area contributed by atoms with Crippen LogP contribution in [0, 0.1) is 20.8 Å². The maximum absolute atomic E-state index is 11.6. The van der Waals surface area contributed by atoms with Crippen LogP contribution < -0.4 is 5.43 Å². The number of pyridine rings is 1. The van der Waals surface area contributed by atoms with Gasteiger partial charge in [0, 0.05) is 23.6 Å². The molecular weight excluding hydrogens is 226 g/mol. The number of aldehydes is 1. The summed E-state index contributed by atoms with van der Waals surface area (Å²) in [5, 5.41) is 0. The minimum Gasteiger partial charge on any atom is -0.320 e. The number of aromatic nitrogens is 1. The molecule has 0 saturated heterocycles. The molecule has 0 aliphatic carbocycles. The fourth-order valence-electron chi connectivity index (χ4n) is 1.99. The van der Waals surface area contributed by atoms with E-state index < -0.39 is 0 Å². The van der Waals surface area contributed by atoms with Gasteiger partial charge in [-0.3, -0.25) is 9.59 Å². The molecule has 0 unspecified atom stereocenters. The second-order valence-electron chi connectivity index (χ2n) is 4.44. The van der Waals surface area contributed by atoms with Crippen LogP contribution in [-0.2, 0) is 0 Å². The molecular formula is C15H15NO2. The van der Waals surface area contributed by atoms with Crippen molar-refractivity contribution in [3.8, 4) is 5.69 Å². The van der Waals surface area contributed by atoms with Crippen LogP contribution in [0.2, 0.25) is 0 Å². The van der Waals surface area contributed by atoms with Gasteiger partial charge in [0.2, 0.25) is 0 Å². The Kier molecular flexibility index (Phi) is 3.15. The third-order valence-corrected chi connectivity index (χ3v) is 3.24. The van der Waals surface area contributed by atoms with E-state index in [2.05, 4.69) is 0 Å². The zero-order valence-electron chi connectivity index (χ0n) is 10.7. The fourth-order valence-corrected chi connectivity index (χ4v) is 1.99. The first kappa shape index (κ1) is 12.3. The minimum absolute atomic E-state index is 0.182. The lowest BCUT2D eigenvalue weighted by Gasteiger charge is -2.15. The number of carbonyl (C=O) groups is 1. The molecule has 0 amide bonds. The molecule has 3 nitrogen and oxygen atoms in total. The molecule has 92 valence electrons. The lowest BCUT2D eigenvalue weighted by molar-refractivity contribution is 0.112. The van der Waals surface area contributed by atoms with Gasteiger partial charge >= 0.3 is 0 Å².